The van der Waals surface area contributed by atoms with Gasteiger partial charge in [0.05, 0.1) is 0 Å². The van der Waals surface area contributed by atoms with Crippen molar-refractivity contribution in [1.29, 1.82) is 0 Å². The minimum Gasteiger partial charge on any atom is -0.361 e. The van der Waals surface area contributed by atoms with Gasteiger partial charge in [0.1, 0.15) is 0 Å². The van der Waals surface area contributed by atoms with Crippen LogP contribution < -0.4 is 0 Å². The van der Waals surface area contributed by atoms with Crippen molar-refractivity contribution in [2.75, 3.05) is 13.1 Å². The molecule has 25 heavy (non-hydrogen) atoms. The summed E-state index contributed by atoms with van der Waals surface area (Å²) in [6.07, 6.45) is 3.82. The maximum absolute atomic E-state index is 12.9. The van der Waals surface area contributed by atoms with Crippen molar-refractivity contribution in [3.8, 4) is 0 Å². The van der Waals surface area contributed by atoms with E-state index in [0.29, 0.717) is 12.4 Å². The lowest BCUT2D eigenvalue weighted by Crippen LogP contribution is -2.39. The summed E-state index contributed by atoms with van der Waals surface area (Å²) in [5, 5.41) is 5.19. The molecule has 1 aliphatic rings. The SMILES string of the molecule is CC(C)c1nc([C@H]2CCCN(C(=O)c3ccc4[nH]ccc4c3)C2)no1. The number of rotatable bonds is 3. The van der Waals surface area contributed by atoms with E-state index >= 15 is 0 Å². The molecule has 1 N–H and O–H groups in total. The first-order chi connectivity index (χ1) is 12.1. The van der Waals surface area contributed by atoms with Crippen molar-refractivity contribution in [2.45, 2.75) is 38.5 Å². The maximum Gasteiger partial charge on any atom is 0.253 e. The Balaban J connectivity index is 1.52. The molecule has 0 bridgehead atoms. The number of fused-ring (bicyclic) bond motifs is 1. The zero-order chi connectivity index (χ0) is 17.4. The molecular weight excluding hydrogens is 316 g/mol. The van der Waals surface area contributed by atoms with Gasteiger partial charge < -0.3 is 14.4 Å². The van der Waals surface area contributed by atoms with E-state index < -0.39 is 0 Å². The number of H-pyrrole nitrogens is 1. The number of nitrogens with zero attached hydrogens (tertiary/aromatic N) is 3. The van der Waals surface area contributed by atoms with Crippen LogP contribution in [0.2, 0.25) is 0 Å². The molecule has 0 radical (unpaired) electrons. The largest absolute Gasteiger partial charge is 0.361 e. The van der Waals surface area contributed by atoms with Gasteiger partial charge in [-0.1, -0.05) is 19.0 Å². The van der Waals surface area contributed by atoms with E-state index in [9.17, 15) is 4.79 Å². The molecule has 0 aliphatic carbocycles. The van der Waals surface area contributed by atoms with Crippen molar-refractivity contribution in [3.63, 3.8) is 0 Å². The Kier molecular flexibility index (Phi) is 4.03. The van der Waals surface area contributed by atoms with E-state index in [0.717, 1.165) is 41.7 Å². The van der Waals surface area contributed by atoms with Crippen LogP contribution in [0.4, 0.5) is 0 Å². The summed E-state index contributed by atoms with van der Waals surface area (Å²) in [5.41, 5.74) is 1.77. The van der Waals surface area contributed by atoms with Gasteiger partial charge in [-0.25, -0.2) is 0 Å². The van der Waals surface area contributed by atoms with Crippen LogP contribution in [0.3, 0.4) is 0 Å². The number of hydrogen-bond donors (Lipinski definition) is 1. The van der Waals surface area contributed by atoms with Crippen LogP contribution in [0.25, 0.3) is 10.9 Å². The molecule has 0 unspecified atom stereocenters. The fourth-order valence-electron chi connectivity index (χ4n) is 3.39. The third-order valence-electron chi connectivity index (χ3n) is 4.83. The Labute approximate surface area is 146 Å². The fourth-order valence-corrected chi connectivity index (χ4v) is 3.39. The van der Waals surface area contributed by atoms with E-state index in [1.165, 1.54) is 0 Å². The van der Waals surface area contributed by atoms with Crippen LogP contribution in [0.15, 0.2) is 35.0 Å². The van der Waals surface area contributed by atoms with Gasteiger partial charge in [-0.3, -0.25) is 4.79 Å². The molecule has 1 aliphatic heterocycles. The Morgan fingerprint density at radius 1 is 1.36 bits per heavy atom. The van der Waals surface area contributed by atoms with Gasteiger partial charge in [0.15, 0.2) is 5.82 Å². The molecule has 1 aromatic carbocycles. The normalized spacial score (nSPS) is 18.2. The molecular formula is C19H22N4O2. The van der Waals surface area contributed by atoms with Gasteiger partial charge in [0.2, 0.25) is 5.89 Å². The predicted octanol–water partition coefficient (Wildman–Crippen LogP) is 3.69. The lowest BCUT2D eigenvalue weighted by molar-refractivity contribution is 0.0704. The molecule has 6 nitrogen and oxygen atoms in total. The van der Waals surface area contributed by atoms with Gasteiger partial charge in [0.25, 0.3) is 5.91 Å². The molecule has 4 rings (SSSR count). The van der Waals surface area contributed by atoms with E-state index in [4.69, 9.17) is 4.52 Å². The van der Waals surface area contributed by atoms with Crippen LogP contribution in [0.5, 0.6) is 0 Å². The standard InChI is InChI=1S/C19H22N4O2/c1-12(2)18-21-17(22-25-18)15-4-3-9-23(11-15)19(24)14-5-6-16-13(10-14)7-8-20-16/h5-8,10,12,15,20H,3-4,9,11H2,1-2H3/t15-/m0/s1. The summed E-state index contributed by atoms with van der Waals surface area (Å²) in [4.78, 5) is 22.5. The Hall–Kier alpha value is -2.63. The van der Waals surface area contributed by atoms with Crippen molar-refractivity contribution in [2.24, 2.45) is 0 Å². The molecule has 3 heterocycles. The highest BCUT2D eigenvalue weighted by Crippen LogP contribution is 2.27. The summed E-state index contributed by atoms with van der Waals surface area (Å²) in [6, 6.07) is 7.77. The minimum absolute atomic E-state index is 0.0698. The second kappa shape index (κ2) is 6.35. The number of piperidine rings is 1. The summed E-state index contributed by atoms with van der Waals surface area (Å²) in [5.74, 6) is 1.82. The van der Waals surface area contributed by atoms with Crippen LogP contribution in [-0.4, -0.2) is 39.0 Å². The third-order valence-corrected chi connectivity index (χ3v) is 4.83. The van der Waals surface area contributed by atoms with Crippen LogP contribution in [0, 0.1) is 0 Å². The van der Waals surface area contributed by atoms with Crippen LogP contribution in [-0.2, 0) is 0 Å². The number of nitrogens with one attached hydrogen (secondary N) is 1. The topological polar surface area (TPSA) is 75.0 Å². The van der Waals surface area contributed by atoms with Crippen molar-refractivity contribution < 1.29 is 9.32 Å². The number of hydrogen-bond acceptors (Lipinski definition) is 4. The fraction of sp³-hybridized carbons (Fsp3) is 0.421. The quantitative estimate of drug-likeness (QED) is 0.790. The summed E-state index contributed by atoms with van der Waals surface area (Å²) in [6.45, 7) is 5.48. The van der Waals surface area contributed by atoms with Crippen molar-refractivity contribution >= 4 is 16.8 Å². The zero-order valence-corrected chi connectivity index (χ0v) is 14.5. The van der Waals surface area contributed by atoms with E-state index in [2.05, 4.69) is 15.1 Å². The Morgan fingerprint density at radius 2 is 2.24 bits per heavy atom. The molecule has 1 fully saturated rings. The number of amides is 1. The van der Waals surface area contributed by atoms with Crippen molar-refractivity contribution in [3.05, 3.63) is 47.7 Å². The molecule has 0 saturated carbocycles. The van der Waals surface area contributed by atoms with Crippen molar-refractivity contribution in [1.82, 2.24) is 20.0 Å². The lowest BCUT2D eigenvalue weighted by Gasteiger charge is -2.31. The molecule has 0 spiro atoms. The highest BCUT2D eigenvalue weighted by atomic mass is 16.5. The average Bonchev–Trinajstić information content (AvgIpc) is 3.30. The van der Waals surface area contributed by atoms with Crippen LogP contribution in [0.1, 0.15) is 60.6 Å². The van der Waals surface area contributed by atoms with Gasteiger partial charge in [0, 0.05) is 47.6 Å². The molecule has 1 saturated heterocycles. The molecule has 130 valence electrons. The van der Waals surface area contributed by atoms with E-state index in [1.54, 1.807) is 0 Å². The molecule has 2 aromatic heterocycles. The minimum atomic E-state index is 0.0698. The highest BCUT2D eigenvalue weighted by Gasteiger charge is 2.29. The monoisotopic (exact) mass is 338 g/mol. The Morgan fingerprint density at radius 3 is 3.04 bits per heavy atom. The summed E-state index contributed by atoms with van der Waals surface area (Å²) < 4.78 is 5.33. The van der Waals surface area contributed by atoms with Gasteiger partial charge in [-0.15, -0.1) is 0 Å². The third kappa shape index (κ3) is 3.04. The molecule has 3 aromatic rings. The second-order valence-electron chi connectivity index (χ2n) is 7.02. The number of carbonyl (C=O) groups excluding carboxylic acids is 1. The number of aromatic nitrogens is 3. The van der Waals surface area contributed by atoms with E-state index in [1.807, 2.05) is 49.2 Å². The van der Waals surface area contributed by atoms with Gasteiger partial charge >= 0.3 is 0 Å². The molecule has 6 heteroatoms. The predicted molar refractivity (Wildman–Crippen MR) is 94.6 cm³/mol. The lowest BCUT2D eigenvalue weighted by atomic mass is 9.96. The maximum atomic E-state index is 12.9. The van der Waals surface area contributed by atoms with E-state index in [-0.39, 0.29) is 17.7 Å². The summed E-state index contributed by atoms with van der Waals surface area (Å²) in [7, 11) is 0. The molecule has 1 amide bonds. The van der Waals surface area contributed by atoms with Crippen LogP contribution >= 0.6 is 0 Å². The molecule has 1 atom stereocenters. The first-order valence-corrected chi connectivity index (χ1v) is 8.81. The second-order valence-corrected chi connectivity index (χ2v) is 7.02. The number of carbonyl (C=O) groups is 1. The first-order valence-electron chi connectivity index (χ1n) is 8.81. The summed E-state index contributed by atoms with van der Waals surface area (Å²) >= 11 is 0. The zero-order valence-electron chi connectivity index (χ0n) is 14.5. The van der Waals surface area contributed by atoms with Gasteiger partial charge in [-0.05, 0) is 37.1 Å². The number of likely N-dealkylation sites (tertiary alicyclic amines) is 1. The number of benzene rings is 1. The Bertz CT molecular complexity index is 896. The van der Waals surface area contributed by atoms with Gasteiger partial charge in [-0.2, -0.15) is 4.98 Å². The number of aromatic amines is 1. The smallest absolute Gasteiger partial charge is 0.253 e. The average molecular weight is 338 g/mol. The first kappa shape index (κ1) is 15.9. The highest BCUT2D eigenvalue weighted by molar-refractivity contribution is 5.98.